The van der Waals surface area contributed by atoms with Gasteiger partial charge in [-0.1, -0.05) is 11.6 Å². The predicted molar refractivity (Wildman–Crippen MR) is 73.2 cm³/mol. The van der Waals surface area contributed by atoms with Crippen LogP contribution in [-0.2, 0) is 0 Å². The van der Waals surface area contributed by atoms with Crippen LogP contribution in [0.25, 0.3) is 0 Å². The molecule has 3 atom stereocenters. The number of hydrogen-bond acceptors (Lipinski definition) is 3. The van der Waals surface area contributed by atoms with Crippen LogP contribution in [-0.4, -0.2) is 41.6 Å². The Bertz CT molecular complexity index is 515. The van der Waals surface area contributed by atoms with E-state index in [0.717, 1.165) is 25.2 Å². The van der Waals surface area contributed by atoms with Gasteiger partial charge >= 0.3 is 0 Å². The summed E-state index contributed by atoms with van der Waals surface area (Å²) >= 11 is 0. The second kappa shape index (κ2) is 4.53. The number of likely N-dealkylation sites (tertiary alicyclic amines) is 1. The largest absolute Gasteiger partial charge is 0.507 e. The van der Waals surface area contributed by atoms with E-state index >= 15 is 0 Å². The molecule has 4 nitrogen and oxygen atoms in total. The lowest BCUT2D eigenvalue weighted by atomic mass is 9.95. The van der Waals surface area contributed by atoms with Crippen molar-refractivity contribution in [1.29, 1.82) is 0 Å². The summed E-state index contributed by atoms with van der Waals surface area (Å²) in [5.41, 5.74) is 1.43. The maximum Gasteiger partial charge on any atom is 0.257 e. The van der Waals surface area contributed by atoms with E-state index in [9.17, 15) is 9.90 Å². The molecule has 0 bridgehead atoms. The zero-order valence-corrected chi connectivity index (χ0v) is 11.4. The van der Waals surface area contributed by atoms with Gasteiger partial charge in [0, 0.05) is 25.7 Å². The SMILES string of the molecule is Cc1ccc(O)c(C(=O)N2CC3CNCC3C2C)c1. The molecule has 2 fully saturated rings. The summed E-state index contributed by atoms with van der Waals surface area (Å²) in [7, 11) is 0. The van der Waals surface area contributed by atoms with Crippen molar-refractivity contribution in [3.8, 4) is 5.75 Å². The lowest BCUT2D eigenvalue weighted by Gasteiger charge is -2.25. The molecule has 3 unspecified atom stereocenters. The molecule has 2 N–H and O–H groups in total. The smallest absolute Gasteiger partial charge is 0.257 e. The van der Waals surface area contributed by atoms with E-state index in [1.165, 1.54) is 0 Å². The molecule has 102 valence electrons. The molecular formula is C15H20N2O2. The Kier molecular flexibility index (Phi) is 2.97. The maximum atomic E-state index is 12.6. The summed E-state index contributed by atoms with van der Waals surface area (Å²) in [6, 6.07) is 5.44. The molecule has 4 heteroatoms. The monoisotopic (exact) mass is 260 g/mol. The van der Waals surface area contributed by atoms with Gasteiger partial charge in [0.2, 0.25) is 0 Å². The number of rotatable bonds is 1. The molecule has 3 rings (SSSR count). The first kappa shape index (κ1) is 12.5. The highest BCUT2D eigenvalue weighted by Gasteiger charge is 2.44. The summed E-state index contributed by atoms with van der Waals surface area (Å²) in [6.07, 6.45) is 0. The molecule has 0 aromatic heterocycles. The van der Waals surface area contributed by atoms with E-state index < -0.39 is 0 Å². The van der Waals surface area contributed by atoms with Gasteiger partial charge in [0.25, 0.3) is 5.91 Å². The van der Waals surface area contributed by atoms with Gasteiger partial charge in [-0.05, 0) is 37.8 Å². The minimum atomic E-state index is -0.0388. The number of benzene rings is 1. The first-order chi connectivity index (χ1) is 9.08. The second-order valence-electron chi connectivity index (χ2n) is 5.80. The average Bonchev–Trinajstić information content (AvgIpc) is 2.95. The number of phenols is 1. The second-order valence-corrected chi connectivity index (χ2v) is 5.80. The molecular weight excluding hydrogens is 240 g/mol. The first-order valence-corrected chi connectivity index (χ1v) is 6.89. The highest BCUT2D eigenvalue weighted by atomic mass is 16.3. The van der Waals surface area contributed by atoms with Gasteiger partial charge in [-0.15, -0.1) is 0 Å². The number of aryl methyl sites for hydroxylation is 1. The van der Waals surface area contributed by atoms with E-state index in [1.807, 2.05) is 17.9 Å². The molecule has 2 aliphatic heterocycles. The molecule has 1 aromatic carbocycles. The van der Waals surface area contributed by atoms with Crippen LogP contribution in [0.15, 0.2) is 18.2 Å². The quantitative estimate of drug-likeness (QED) is 0.802. The number of carbonyl (C=O) groups is 1. The normalized spacial score (nSPS) is 29.6. The minimum Gasteiger partial charge on any atom is -0.507 e. The Balaban J connectivity index is 1.86. The van der Waals surface area contributed by atoms with Crippen molar-refractivity contribution in [2.24, 2.45) is 11.8 Å². The van der Waals surface area contributed by atoms with Crippen LogP contribution in [0.2, 0.25) is 0 Å². The van der Waals surface area contributed by atoms with Crippen LogP contribution in [0.1, 0.15) is 22.8 Å². The van der Waals surface area contributed by atoms with Crippen LogP contribution in [0.5, 0.6) is 5.75 Å². The van der Waals surface area contributed by atoms with Gasteiger partial charge in [-0.25, -0.2) is 0 Å². The zero-order valence-electron chi connectivity index (χ0n) is 11.4. The van der Waals surface area contributed by atoms with Gasteiger partial charge < -0.3 is 15.3 Å². The minimum absolute atomic E-state index is 0.0388. The third-order valence-corrected chi connectivity index (χ3v) is 4.58. The van der Waals surface area contributed by atoms with Gasteiger partial charge in [0.15, 0.2) is 0 Å². The number of fused-ring (bicyclic) bond motifs is 1. The Labute approximate surface area is 113 Å². The van der Waals surface area contributed by atoms with E-state index in [0.29, 0.717) is 17.4 Å². The molecule has 2 heterocycles. The van der Waals surface area contributed by atoms with Crippen molar-refractivity contribution in [2.75, 3.05) is 19.6 Å². The van der Waals surface area contributed by atoms with Crippen LogP contribution in [0.4, 0.5) is 0 Å². The van der Waals surface area contributed by atoms with Crippen molar-refractivity contribution >= 4 is 5.91 Å². The number of hydrogen-bond donors (Lipinski definition) is 2. The average molecular weight is 260 g/mol. The number of carbonyl (C=O) groups excluding carboxylic acids is 1. The molecule has 1 amide bonds. The molecule has 19 heavy (non-hydrogen) atoms. The van der Waals surface area contributed by atoms with E-state index in [1.54, 1.807) is 12.1 Å². The van der Waals surface area contributed by atoms with E-state index in [2.05, 4.69) is 12.2 Å². The summed E-state index contributed by atoms with van der Waals surface area (Å²) in [5, 5.41) is 13.3. The number of nitrogens with zero attached hydrogens (tertiary/aromatic N) is 1. The van der Waals surface area contributed by atoms with Crippen molar-refractivity contribution in [1.82, 2.24) is 10.2 Å². The highest BCUT2D eigenvalue weighted by molar-refractivity contribution is 5.97. The number of phenolic OH excluding ortho intramolecular Hbond substituents is 1. The fraction of sp³-hybridized carbons (Fsp3) is 0.533. The zero-order chi connectivity index (χ0) is 13.6. The Morgan fingerprint density at radius 3 is 2.95 bits per heavy atom. The van der Waals surface area contributed by atoms with E-state index in [4.69, 9.17) is 0 Å². The topological polar surface area (TPSA) is 52.6 Å². The fourth-order valence-corrected chi connectivity index (χ4v) is 3.41. The maximum absolute atomic E-state index is 12.6. The molecule has 0 spiro atoms. The number of amides is 1. The Morgan fingerprint density at radius 1 is 1.42 bits per heavy atom. The molecule has 1 aromatic rings. The van der Waals surface area contributed by atoms with Crippen LogP contribution in [0.3, 0.4) is 0 Å². The number of nitrogens with one attached hydrogen (secondary N) is 1. The van der Waals surface area contributed by atoms with Gasteiger partial charge in [0.05, 0.1) is 5.56 Å². The van der Waals surface area contributed by atoms with Crippen molar-refractivity contribution in [3.63, 3.8) is 0 Å². The van der Waals surface area contributed by atoms with Crippen molar-refractivity contribution < 1.29 is 9.90 Å². The van der Waals surface area contributed by atoms with Crippen molar-refractivity contribution in [3.05, 3.63) is 29.3 Å². The van der Waals surface area contributed by atoms with Crippen LogP contribution >= 0.6 is 0 Å². The summed E-state index contributed by atoms with van der Waals surface area (Å²) in [6.45, 7) is 6.84. The van der Waals surface area contributed by atoms with Crippen LogP contribution < -0.4 is 5.32 Å². The Morgan fingerprint density at radius 2 is 2.21 bits per heavy atom. The lowest BCUT2D eigenvalue weighted by Crippen LogP contribution is -2.38. The number of aromatic hydroxyl groups is 1. The first-order valence-electron chi connectivity index (χ1n) is 6.89. The van der Waals surface area contributed by atoms with Gasteiger partial charge in [-0.2, -0.15) is 0 Å². The standard InChI is InChI=1S/C15H20N2O2/c1-9-3-4-14(18)12(5-9)15(19)17-8-11-6-16-7-13(11)10(17)2/h3-5,10-11,13,16,18H,6-8H2,1-2H3. The predicted octanol–water partition coefficient (Wildman–Crippen LogP) is 1.38. The molecule has 0 saturated carbocycles. The Hall–Kier alpha value is -1.55. The lowest BCUT2D eigenvalue weighted by molar-refractivity contribution is 0.0725. The van der Waals surface area contributed by atoms with Gasteiger partial charge in [0.1, 0.15) is 5.75 Å². The molecule has 2 aliphatic rings. The third kappa shape index (κ3) is 2.00. The summed E-state index contributed by atoms with van der Waals surface area (Å²) < 4.78 is 0. The van der Waals surface area contributed by atoms with Crippen molar-refractivity contribution in [2.45, 2.75) is 19.9 Å². The van der Waals surface area contributed by atoms with Crippen LogP contribution in [0, 0.1) is 18.8 Å². The van der Waals surface area contributed by atoms with E-state index in [-0.39, 0.29) is 17.7 Å². The third-order valence-electron chi connectivity index (χ3n) is 4.58. The molecule has 2 saturated heterocycles. The summed E-state index contributed by atoms with van der Waals surface area (Å²) in [4.78, 5) is 14.5. The van der Waals surface area contributed by atoms with Gasteiger partial charge in [-0.3, -0.25) is 4.79 Å². The fourth-order valence-electron chi connectivity index (χ4n) is 3.41. The molecule has 0 radical (unpaired) electrons. The highest BCUT2D eigenvalue weighted by Crippen LogP contribution is 2.34. The summed E-state index contributed by atoms with van der Waals surface area (Å²) in [5.74, 6) is 1.16. The molecule has 0 aliphatic carbocycles.